The number of hydrogen-bond donors (Lipinski definition) is 0. The molecule has 3 rings (SSSR count). The molecule has 0 N–H and O–H groups in total. The molecule has 3 aromatic carbocycles. The van der Waals surface area contributed by atoms with E-state index in [1.165, 1.54) is 10.7 Å². The van der Waals surface area contributed by atoms with Crippen LogP contribution in [0.4, 0.5) is 0 Å². The second-order valence-electron chi connectivity index (χ2n) is 5.56. The molecule has 0 fully saturated rings. The SMILES string of the molecule is CCOC(=S)[S][Sn]([c]1ccccc1)([c]1ccccc1)[c]1ccccc1. The van der Waals surface area contributed by atoms with Gasteiger partial charge in [-0.1, -0.05) is 0 Å². The van der Waals surface area contributed by atoms with Crippen molar-refractivity contribution in [2.24, 2.45) is 0 Å². The van der Waals surface area contributed by atoms with Gasteiger partial charge in [0.25, 0.3) is 0 Å². The van der Waals surface area contributed by atoms with Gasteiger partial charge < -0.3 is 0 Å². The molecular weight excluding hydrogens is 451 g/mol. The molecule has 0 unspecified atom stereocenters. The second kappa shape index (κ2) is 8.88. The Hall–Kier alpha value is -1.30. The third-order valence-electron chi connectivity index (χ3n) is 4.04. The zero-order valence-corrected chi connectivity index (χ0v) is 18.6. The molecule has 0 aliphatic carbocycles. The molecule has 3 aromatic rings. The molecule has 0 atom stereocenters. The molecule has 0 heterocycles. The summed E-state index contributed by atoms with van der Waals surface area (Å²) in [6.07, 6.45) is 0. The van der Waals surface area contributed by atoms with Crippen LogP contribution in [0.25, 0.3) is 0 Å². The maximum atomic E-state index is 5.71. The molecule has 4 heteroatoms. The molecule has 0 saturated heterocycles. The van der Waals surface area contributed by atoms with E-state index in [4.69, 9.17) is 17.0 Å². The number of hydrogen-bond acceptors (Lipinski definition) is 3. The summed E-state index contributed by atoms with van der Waals surface area (Å²) < 4.78 is 10.5. The fourth-order valence-corrected chi connectivity index (χ4v) is 23.3. The van der Waals surface area contributed by atoms with Gasteiger partial charge in [-0.2, -0.15) is 0 Å². The van der Waals surface area contributed by atoms with Crippen LogP contribution >= 0.6 is 21.2 Å². The monoisotopic (exact) mass is 472 g/mol. The molecule has 0 bridgehead atoms. The summed E-state index contributed by atoms with van der Waals surface area (Å²) in [7, 11) is 1.80. The average molecular weight is 471 g/mol. The normalized spacial score (nSPS) is 11.1. The molecule has 0 amide bonds. The summed E-state index contributed by atoms with van der Waals surface area (Å²) in [5.74, 6) is 0. The van der Waals surface area contributed by atoms with E-state index >= 15 is 0 Å². The molecule has 0 radical (unpaired) electrons. The summed E-state index contributed by atoms with van der Waals surface area (Å²) in [6.45, 7) is 2.59. The molecule has 0 spiro atoms. The number of benzene rings is 3. The van der Waals surface area contributed by atoms with E-state index in [9.17, 15) is 0 Å². The third kappa shape index (κ3) is 4.10. The Labute approximate surface area is 161 Å². The molecule has 0 aliphatic heterocycles. The quantitative estimate of drug-likeness (QED) is 0.415. The van der Waals surface area contributed by atoms with Crippen LogP contribution in [0, 0.1) is 0 Å². The number of ether oxygens (including phenoxy) is 1. The van der Waals surface area contributed by atoms with E-state index in [-0.39, 0.29) is 0 Å². The van der Waals surface area contributed by atoms with Crippen molar-refractivity contribution in [3.05, 3.63) is 91.0 Å². The zero-order chi connectivity index (χ0) is 17.5. The van der Waals surface area contributed by atoms with Crippen molar-refractivity contribution in [1.82, 2.24) is 0 Å². The van der Waals surface area contributed by atoms with Crippen molar-refractivity contribution in [1.29, 1.82) is 0 Å². The van der Waals surface area contributed by atoms with Crippen molar-refractivity contribution < 1.29 is 4.74 Å². The van der Waals surface area contributed by atoms with Crippen LogP contribution in [0.1, 0.15) is 6.92 Å². The van der Waals surface area contributed by atoms with Crippen LogP contribution in [0.5, 0.6) is 0 Å². The average Bonchev–Trinajstić information content (AvgIpc) is 2.68. The Morgan fingerprint density at radius 3 is 1.44 bits per heavy atom. The molecule has 0 aliphatic rings. The first kappa shape index (κ1) is 18.5. The van der Waals surface area contributed by atoms with Crippen molar-refractivity contribution in [3.63, 3.8) is 0 Å². The zero-order valence-electron chi connectivity index (χ0n) is 14.1. The molecule has 0 aromatic heterocycles. The molecule has 1 nitrogen and oxygen atoms in total. The van der Waals surface area contributed by atoms with Crippen LogP contribution in [-0.2, 0) is 4.74 Å². The van der Waals surface area contributed by atoms with Crippen molar-refractivity contribution >= 4 is 53.3 Å². The topological polar surface area (TPSA) is 9.23 Å². The first-order chi connectivity index (χ1) is 12.3. The maximum absolute atomic E-state index is 5.71. The molecule has 25 heavy (non-hydrogen) atoms. The van der Waals surface area contributed by atoms with Gasteiger partial charge >= 0.3 is 163 Å². The van der Waals surface area contributed by atoms with Gasteiger partial charge in [0.05, 0.1) is 0 Å². The fourth-order valence-electron chi connectivity index (χ4n) is 2.97. The second-order valence-corrected chi connectivity index (χ2v) is 21.5. The standard InChI is InChI=1S/3C6H5.C3H6OS2.Sn/c3*1-2-4-6-5-3-1;1-2-4-3(5)6;/h3*1-5H;2H2,1H3,(H,5,6);/q;;;;+1/p-1. The molecular formula is C21H20OS2Sn. The number of thiocarbonyl (C=S) groups is 1. The molecule has 0 saturated carbocycles. The van der Waals surface area contributed by atoms with Gasteiger partial charge in [-0.3, -0.25) is 0 Å². The minimum absolute atomic E-state index is 0.603. The van der Waals surface area contributed by atoms with Crippen LogP contribution in [0.2, 0.25) is 0 Å². The fraction of sp³-hybridized carbons (Fsp3) is 0.0952. The summed E-state index contributed by atoms with van der Waals surface area (Å²) >= 11 is 2.24. The van der Waals surface area contributed by atoms with Gasteiger partial charge in [-0.15, -0.1) is 0 Å². The minimum atomic E-state index is -3.36. The van der Waals surface area contributed by atoms with Crippen LogP contribution in [0.3, 0.4) is 0 Å². The Morgan fingerprint density at radius 1 is 0.760 bits per heavy atom. The Balaban J connectivity index is 2.26. The van der Waals surface area contributed by atoms with E-state index in [0.29, 0.717) is 11.0 Å². The van der Waals surface area contributed by atoms with Gasteiger partial charge in [0.15, 0.2) is 0 Å². The Morgan fingerprint density at radius 2 is 1.12 bits per heavy atom. The van der Waals surface area contributed by atoms with Gasteiger partial charge in [-0.05, 0) is 0 Å². The van der Waals surface area contributed by atoms with Gasteiger partial charge in [0, 0.05) is 0 Å². The van der Waals surface area contributed by atoms with Gasteiger partial charge in [0.2, 0.25) is 0 Å². The van der Waals surface area contributed by atoms with Crippen molar-refractivity contribution in [2.45, 2.75) is 6.92 Å². The first-order valence-corrected chi connectivity index (χ1v) is 17.3. The van der Waals surface area contributed by atoms with Gasteiger partial charge in [0.1, 0.15) is 0 Å². The number of rotatable bonds is 5. The van der Waals surface area contributed by atoms with E-state index in [0.717, 1.165) is 0 Å². The van der Waals surface area contributed by atoms with E-state index < -0.39 is 17.0 Å². The van der Waals surface area contributed by atoms with Crippen molar-refractivity contribution in [3.8, 4) is 0 Å². The molecule has 126 valence electrons. The van der Waals surface area contributed by atoms with E-state index in [1.807, 2.05) is 6.92 Å². The Kier molecular flexibility index (Phi) is 6.56. The summed E-state index contributed by atoms with van der Waals surface area (Å²) in [6, 6.07) is 32.4. The van der Waals surface area contributed by atoms with Gasteiger partial charge in [-0.25, -0.2) is 0 Å². The third-order valence-corrected chi connectivity index (χ3v) is 25.0. The van der Waals surface area contributed by atoms with Crippen LogP contribution in [0.15, 0.2) is 91.0 Å². The van der Waals surface area contributed by atoms with Crippen molar-refractivity contribution in [2.75, 3.05) is 6.61 Å². The van der Waals surface area contributed by atoms with Crippen LogP contribution in [-0.4, -0.2) is 28.0 Å². The summed E-state index contributed by atoms with van der Waals surface area (Å²) in [5.41, 5.74) is 0. The van der Waals surface area contributed by atoms with E-state index in [1.54, 1.807) is 8.95 Å². The predicted octanol–water partition coefficient (Wildman–Crippen LogP) is 3.71. The Bertz CT molecular complexity index is 710. The van der Waals surface area contributed by atoms with Crippen LogP contribution < -0.4 is 10.7 Å². The first-order valence-electron chi connectivity index (χ1n) is 8.29. The summed E-state index contributed by atoms with van der Waals surface area (Å²) in [4.78, 5) is 0. The summed E-state index contributed by atoms with van der Waals surface area (Å²) in [5, 5.41) is 0. The predicted molar refractivity (Wildman–Crippen MR) is 116 cm³/mol. The van der Waals surface area contributed by atoms with E-state index in [2.05, 4.69) is 91.0 Å².